The molecule has 1 aliphatic heterocycles. The zero-order valence-electron chi connectivity index (χ0n) is 23.1. The predicted molar refractivity (Wildman–Crippen MR) is 137 cm³/mol. The van der Waals surface area contributed by atoms with Crippen molar-refractivity contribution in [1.82, 2.24) is 4.90 Å². The monoisotopic (exact) mass is 679 g/mol. The van der Waals surface area contributed by atoms with Crippen molar-refractivity contribution in [1.29, 1.82) is 0 Å². The second-order valence-electron chi connectivity index (χ2n) is 11.3. The summed E-state index contributed by atoms with van der Waals surface area (Å²) in [4.78, 5) is 13.6. The Kier molecular flexibility index (Phi) is 9.09. The number of carbonyl (C=O) groups is 1. The van der Waals surface area contributed by atoms with E-state index in [1.807, 2.05) is 0 Å². The van der Waals surface area contributed by atoms with Crippen molar-refractivity contribution in [2.24, 2.45) is 11.8 Å². The van der Waals surface area contributed by atoms with Crippen molar-refractivity contribution < 1.29 is 67.3 Å². The summed E-state index contributed by atoms with van der Waals surface area (Å²) in [5.74, 6) is -1.74. The van der Waals surface area contributed by atoms with E-state index >= 15 is 0 Å². The molecule has 0 radical (unpaired) electrons. The van der Waals surface area contributed by atoms with Crippen LogP contribution in [0.1, 0.15) is 48.8 Å². The Hall–Kier alpha value is -2.92. The fraction of sp³-hybridized carbons (Fsp3) is 0.536. The molecular formula is C28H27F10NO5S. The third-order valence-corrected chi connectivity index (χ3v) is 11.1. The first-order valence-electron chi connectivity index (χ1n) is 13.6. The van der Waals surface area contributed by atoms with Crippen LogP contribution in [0.3, 0.4) is 0 Å². The number of benzene rings is 2. The van der Waals surface area contributed by atoms with Gasteiger partial charge in [-0.05, 0) is 55.9 Å². The molecule has 0 spiro atoms. The van der Waals surface area contributed by atoms with Crippen LogP contribution in [0.2, 0.25) is 0 Å². The molecule has 1 saturated heterocycles. The lowest BCUT2D eigenvalue weighted by atomic mass is 9.81. The molecule has 2 aromatic carbocycles. The molecule has 1 amide bonds. The molecule has 1 aliphatic carbocycles. The molecule has 17 heteroatoms. The number of aliphatic hydroxyl groups is 2. The molecule has 45 heavy (non-hydrogen) atoms. The number of nitrogens with zero attached hydrogens (tertiary/aromatic N) is 1. The lowest BCUT2D eigenvalue weighted by molar-refractivity contribution is -0.348. The molecule has 1 atom stereocenters. The maximum Gasteiger partial charge on any atom is 0.435 e. The van der Waals surface area contributed by atoms with Crippen LogP contribution < -0.4 is 0 Å². The van der Waals surface area contributed by atoms with Gasteiger partial charge in [-0.1, -0.05) is 30.3 Å². The van der Waals surface area contributed by atoms with Crippen LogP contribution in [-0.4, -0.2) is 61.2 Å². The van der Waals surface area contributed by atoms with Crippen molar-refractivity contribution in [2.75, 3.05) is 13.1 Å². The van der Waals surface area contributed by atoms with Gasteiger partial charge in [0.25, 0.3) is 0 Å². The number of rotatable bonds is 6. The average molecular weight is 680 g/mol. The molecule has 1 saturated carbocycles. The first kappa shape index (κ1) is 34.9. The van der Waals surface area contributed by atoms with Gasteiger partial charge in [-0.2, -0.15) is 39.5 Å². The minimum Gasteiger partial charge on any atom is -0.368 e. The van der Waals surface area contributed by atoms with Crippen LogP contribution in [0.25, 0.3) is 0 Å². The van der Waals surface area contributed by atoms with Crippen LogP contribution >= 0.6 is 0 Å². The fourth-order valence-corrected chi connectivity index (χ4v) is 8.18. The van der Waals surface area contributed by atoms with E-state index in [2.05, 4.69) is 0 Å². The van der Waals surface area contributed by atoms with Crippen LogP contribution in [0, 0.1) is 11.8 Å². The molecule has 2 fully saturated rings. The fourth-order valence-electron chi connectivity index (χ4n) is 6.06. The molecule has 2 aromatic rings. The summed E-state index contributed by atoms with van der Waals surface area (Å²) in [7, 11) is -4.96. The van der Waals surface area contributed by atoms with Gasteiger partial charge >= 0.3 is 24.2 Å². The number of sulfone groups is 1. The molecule has 2 N–H and O–H groups in total. The molecule has 6 nitrogen and oxygen atoms in total. The van der Waals surface area contributed by atoms with E-state index < -0.39 is 97.4 Å². The van der Waals surface area contributed by atoms with Gasteiger partial charge < -0.3 is 15.1 Å². The molecule has 1 unspecified atom stereocenters. The Bertz CT molecular complexity index is 1480. The van der Waals surface area contributed by atoms with Crippen molar-refractivity contribution >= 4 is 15.7 Å². The minimum absolute atomic E-state index is 0.117. The van der Waals surface area contributed by atoms with E-state index in [0.717, 1.165) is 17.0 Å². The smallest absolute Gasteiger partial charge is 0.368 e. The molecular weight excluding hydrogens is 652 g/mol. The molecule has 4 rings (SSSR count). The molecule has 1 heterocycles. The van der Waals surface area contributed by atoms with E-state index in [4.69, 9.17) is 0 Å². The number of hydrogen-bond donors (Lipinski definition) is 2. The molecule has 0 bridgehead atoms. The largest absolute Gasteiger partial charge is 0.435 e. The quantitative estimate of drug-likeness (QED) is 0.288. The van der Waals surface area contributed by atoms with Crippen LogP contribution in [0.15, 0.2) is 53.4 Å². The van der Waals surface area contributed by atoms with E-state index in [9.17, 15) is 67.3 Å². The molecule has 2 aliphatic rings. The number of carbonyl (C=O) groups excluding carboxylic acids is 1. The summed E-state index contributed by atoms with van der Waals surface area (Å²) < 4.78 is 161. The van der Waals surface area contributed by atoms with E-state index in [1.165, 1.54) is 0 Å². The second kappa shape index (κ2) is 11.7. The van der Waals surface area contributed by atoms with Crippen molar-refractivity contribution in [3.8, 4) is 0 Å². The highest BCUT2D eigenvalue weighted by Gasteiger charge is 2.73. The zero-order chi connectivity index (χ0) is 33.8. The maximum atomic E-state index is 14.7. The highest BCUT2D eigenvalue weighted by Crippen LogP contribution is 2.54. The summed E-state index contributed by atoms with van der Waals surface area (Å²) in [5, 5.41) is 18.8. The van der Waals surface area contributed by atoms with E-state index in [0.29, 0.717) is 24.3 Å². The summed E-state index contributed by atoms with van der Waals surface area (Å²) in [6.45, 7) is -1.01. The number of halogens is 10. The Labute approximate surface area is 250 Å². The minimum atomic E-state index is -6.45. The second-order valence-corrected chi connectivity index (χ2v) is 13.5. The molecule has 250 valence electrons. The number of amides is 1. The van der Waals surface area contributed by atoms with Crippen molar-refractivity contribution in [3.63, 3.8) is 0 Å². The highest BCUT2D eigenvalue weighted by molar-refractivity contribution is 7.92. The third kappa shape index (κ3) is 6.14. The average Bonchev–Trinajstić information content (AvgIpc) is 3.42. The van der Waals surface area contributed by atoms with Gasteiger partial charge in [-0.3, -0.25) is 4.79 Å². The zero-order valence-corrected chi connectivity index (χ0v) is 23.9. The Balaban J connectivity index is 1.79. The van der Waals surface area contributed by atoms with Crippen LogP contribution in [0.5, 0.6) is 0 Å². The lowest BCUT2D eigenvalue weighted by Gasteiger charge is -2.34. The lowest BCUT2D eigenvalue weighted by Crippen LogP contribution is -2.50. The summed E-state index contributed by atoms with van der Waals surface area (Å²) in [6, 6.07) is 3.88. The first-order valence-corrected chi connectivity index (χ1v) is 15.0. The van der Waals surface area contributed by atoms with Gasteiger partial charge in [0.1, 0.15) is 4.75 Å². The van der Waals surface area contributed by atoms with Gasteiger partial charge in [0.2, 0.25) is 5.91 Å². The summed E-state index contributed by atoms with van der Waals surface area (Å²) in [6.07, 6.45) is -19.1. The van der Waals surface area contributed by atoms with Gasteiger partial charge in [-0.15, -0.1) is 0 Å². The Morgan fingerprint density at radius 1 is 0.822 bits per heavy atom. The predicted octanol–water partition coefficient (Wildman–Crippen LogP) is 6.01. The highest BCUT2D eigenvalue weighted by atomic mass is 32.2. The van der Waals surface area contributed by atoms with Crippen LogP contribution in [0.4, 0.5) is 43.9 Å². The van der Waals surface area contributed by atoms with E-state index in [1.54, 1.807) is 0 Å². The number of alkyl halides is 10. The number of hydrogen-bond acceptors (Lipinski definition) is 5. The summed E-state index contributed by atoms with van der Waals surface area (Å²) >= 11 is 0. The standard InChI is InChI=1S/C28H27F10NO5S/c29-25(27(33,34)35,28(36,37)38)19-10-8-18(9-11-19)24(45(43,44)21-3-1-2-20(14-21)26(30,31)32)12-13-39(15-24)22(40)16-4-6-17(7-5-16)23(41)42/h1-3,8-11,14,16-17,23,41-42H,4-7,12-13,15H2. The SMILES string of the molecule is O=C(C1CCC(C(O)O)CC1)N1CCC(c2ccc(C(F)(C(F)(F)F)C(F)(F)F)cc2)(S(=O)(=O)c2cccc(C(F)(F)F)c2)C1. The number of aliphatic hydroxyl groups excluding tert-OH is 1. The van der Waals surface area contributed by atoms with Crippen LogP contribution in [-0.2, 0) is 31.2 Å². The van der Waals surface area contributed by atoms with Gasteiger partial charge in [-0.25, -0.2) is 12.8 Å². The van der Waals surface area contributed by atoms with Gasteiger partial charge in [0, 0.05) is 30.5 Å². The normalized spacial score (nSPS) is 23.9. The third-order valence-electron chi connectivity index (χ3n) is 8.66. The van der Waals surface area contributed by atoms with Gasteiger partial charge in [0.05, 0.1) is 10.5 Å². The van der Waals surface area contributed by atoms with Gasteiger partial charge in [0.15, 0.2) is 16.1 Å². The summed E-state index contributed by atoms with van der Waals surface area (Å²) in [5.41, 5.74) is -9.52. The Morgan fingerprint density at radius 3 is 1.87 bits per heavy atom. The first-order chi connectivity index (χ1) is 20.6. The van der Waals surface area contributed by atoms with Crippen molar-refractivity contribution in [2.45, 2.75) is 72.2 Å². The molecule has 0 aromatic heterocycles. The van der Waals surface area contributed by atoms with E-state index in [-0.39, 0.29) is 44.4 Å². The Morgan fingerprint density at radius 2 is 1.38 bits per heavy atom. The topological polar surface area (TPSA) is 94.9 Å². The number of likely N-dealkylation sites (tertiary alicyclic amines) is 1. The van der Waals surface area contributed by atoms with Crippen molar-refractivity contribution in [3.05, 3.63) is 65.2 Å². The maximum absolute atomic E-state index is 14.7.